The third-order valence-corrected chi connectivity index (χ3v) is 3.02. The number of nitrogens with zero attached hydrogens (tertiary/aromatic N) is 3. The monoisotopic (exact) mass is 293 g/mol. The average molecular weight is 293 g/mol. The molecule has 0 aromatic carbocycles. The van der Waals surface area contributed by atoms with Crippen LogP contribution in [0.15, 0.2) is 32.0 Å². The Kier molecular flexibility index (Phi) is 4.30. The van der Waals surface area contributed by atoms with Crippen LogP contribution in [0.25, 0.3) is 11.7 Å². The lowest BCUT2D eigenvalue weighted by Crippen LogP contribution is -2.44. The lowest BCUT2D eigenvalue weighted by molar-refractivity contribution is -0.135. The zero-order valence-electron chi connectivity index (χ0n) is 12.6. The van der Waals surface area contributed by atoms with Gasteiger partial charge in [-0.1, -0.05) is 0 Å². The molecule has 7 nitrogen and oxygen atoms in total. The van der Waals surface area contributed by atoms with Crippen molar-refractivity contribution in [2.24, 2.45) is 0 Å². The smallest absolute Gasteiger partial charge is 0.437 e. The van der Waals surface area contributed by atoms with E-state index in [0.717, 1.165) is 4.68 Å². The van der Waals surface area contributed by atoms with Gasteiger partial charge in [-0.3, -0.25) is 4.79 Å². The third-order valence-electron chi connectivity index (χ3n) is 3.02. The molecule has 2 rings (SSSR count). The normalized spacial score (nSPS) is 11.3. The second-order valence-electron chi connectivity index (χ2n) is 5.30. The molecule has 0 spiro atoms. The minimum atomic E-state index is -0.679. The van der Waals surface area contributed by atoms with E-state index in [1.807, 2.05) is 27.7 Å². The van der Waals surface area contributed by atoms with E-state index in [9.17, 15) is 9.59 Å². The number of amides is 1. The Labute approximate surface area is 122 Å². The molecule has 0 unspecified atom stereocenters. The van der Waals surface area contributed by atoms with Crippen LogP contribution in [0.2, 0.25) is 0 Å². The topological polar surface area (TPSA) is 81.5 Å². The fourth-order valence-electron chi connectivity index (χ4n) is 2.29. The van der Waals surface area contributed by atoms with Gasteiger partial charge in [-0.05, 0) is 39.8 Å². The van der Waals surface area contributed by atoms with E-state index < -0.39 is 5.76 Å². The summed E-state index contributed by atoms with van der Waals surface area (Å²) in [6, 6.07) is 3.39. The van der Waals surface area contributed by atoms with Gasteiger partial charge in [0.2, 0.25) is 5.91 Å². The van der Waals surface area contributed by atoms with Crippen LogP contribution in [0.3, 0.4) is 0 Å². The summed E-state index contributed by atoms with van der Waals surface area (Å²) >= 11 is 0. The molecule has 0 saturated heterocycles. The van der Waals surface area contributed by atoms with E-state index >= 15 is 0 Å². The van der Waals surface area contributed by atoms with Crippen LogP contribution in [-0.2, 0) is 11.3 Å². The molecule has 0 N–H and O–H groups in total. The van der Waals surface area contributed by atoms with Crippen molar-refractivity contribution in [1.29, 1.82) is 0 Å². The highest BCUT2D eigenvalue weighted by Gasteiger charge is 2.22. The molecule has 0 aliphatic heterocycles. The molecule has 0 fully saturated rings. The maximum atomic E-state index is 12.3. The minimum absolute atomic E-state index is 0.0460. The molecule has 2 aromatic rings. The van der Waals surface area contributed by atoms with Gasteiger partial charge >= 0.3 is 5.76 Å². The standard InChI is InChI=1S/C14H19N3O4/c1-9(2)17(10(3)4)12(18)8-16-14(19)21-13(15-16)11-6-5-7-20-11/h5-7,9-10H,8H2,1-4H3. The van der Waals surface area contributed by atoms with Gasteiger partial charge in [0.1, 0.15) is 6.54 Å². The third kappa shape index (κ3) is 3.24. The Morgan fingerprint density at radius 3 is 2.52 bits per heavy atom. The molecule has 0 bridgehead atoms. The first-order valence-electron chi connectivity index (χ1n) is 6.83. The second-order valence-corrected chi connectivity index (χ2v) is 5.30. The lowest BCUT2D eigenvalue weighted by atomic mass is 10.2. The van der Waals surface area contributed by atoms with E-state index in [4.69, 9.17) is 8.83 Å². The van der Waals surface area contributed by atoms with E-state index in [1.54, 1.807) is 17.0 Å². The predicted octanol–water partition coefficient (Wildman–Crippen LogP) is 1.74. The van der Waals surface area contributed by atoms with Crippen LogP contribution in [0.4, 0.5) is 0 Å². The molecule has 1 amide bonds. The Morgan fingerprint density at radius 1 is 1.33 bits per heavy atom. The van der Waals surface area contributed by atoms with Crippen molar-refractivity contribution < 1.29 is 13.6 Å². The molecular formula is C14H19N3O4. The Hall–Kier alpha value is -2.31. The number of carbonyl (C=O) groups excluding carboxylic acids is 1. The molecule has 114 valence electrons. The molecule has 0 atom stereocenters. The van der Waals surface area contributed by atoms with Crippen LogP contribution >= 0.6 is 0 Å². The highest BCUT2D eigenvalue weighted by molar-refractivity contribution is 5.76. The number of carbonyl (C=O) groups is 1. The predicted molar refractivity (Wildman–Crippen MR) is 75.6 cm³/mol. The van der Waals surface area contributed by atoms with Gasteiger partial charge in [-0.25, -0.2) is 4.79 Å². The quantitative estimate of drug-likeness (QED) is 0.838. The largest absolute Gasteiger partial charge is 0.459 e. The summed E-state index contributed by atoms with van der Waals surface area (Å²) in [5.41, 5.74) is 0. The summed E-state index contributed by atoms with van der Waals surface area (Å²) in [5.74, 6) is -0.440. The summed E-state index contributed by atoms with van der Waals surface area (Å²) in [6.45, 7) is 7.56. The average Bonchev–Trinajstić information content (AvgIpc) is 2.98. The zero-order valence-corrected chi connectivity index (χ0v) is 12.6. The molecule has 21 heavy (non-hydrogen) atoms. The zero-order chi connectivity index (χ0) is 15.6. The van der Waals surface area contributed by atoms with Gasteiger partial charge in [0.15, 0.2) is 5.76 Å². The van der Waals surface area contributed by atoms with Crippen molar-refractivity contribution >= 4 is 5.91 Å². The Morgan fingerprint density at radius 2 is 2.00 bits per heavy atom. The molecule has 0 aliphatic carbocycles. The number of hydrogen-bond donors (Lipinski definition) is 0. The second kappa shape index (κ2) is 5.99. The maximum absolute atomic E-state index is 12.3. The number of aromatic nitrogens is 2. The summed E-state index contributed by atoms with van der Waals surface area (Å²) in [5, 5.41) is 3.99. The van der Waals surface area contributed by atoms with E-state index in [0.29, 0.717) is 5.76 Å². The Balaban J connectivity index is 2.20. The van der Waals surface area contributed by atoms with Crippen molar-refractivity contribution in [1.82, 2.24) is 14.7 Å². The molecule has 7 heteroatoms. The van der Waals surface area contributed by atoms with Gasteiger partial charge in [0.25, 0.3) is 5.89 Å². The molecule has 2 heterocycles. The highest BCUT2D eigenvalue weighted by Crippen LogP contribution is 2.15. The lowest BCUT2D eigenvalue weighted by Gasteiger charge is -2.30. The first kappa shape index (κ1) is 15.1. The summed E-state index contributed by atoms with van der Waals surface area (Å²) in [4.78, 5) is 25.8. The molecular weight excluding hydrogens is 274 g/mol. The highest BCUT2D eigenvalue weighted by atomic mass is 16.4. The van der Waals surface area contributed by atoms with Gasteiger partial charge in [0.05, 0.1) is 6.26 Å². The number of rotatable bonds is 5. The summed E-state index contributed by atoms with van der Waals surface area (Å²) < 4.78 is 11.1. The van der Waals surface area contributed by atoms with Crippen LogP contribution in [0.5, 0.6) is 0 Å². The van der Waals surface area contributed by atoms with Crippen molar-refractivity contribution in [3.8, 4) is 11.7 Å². The number of furan rings is 1. The SMILES string of the molecule is CC(C)N(C(=O)Cn1nc(-c2ccco2)oc1=O)C(C)C. The molecule has 2 aromatic heterocycles. The molecule has 0 saturated carbocycles. The van der Waals surface area contributed by atoms with E-state index in [1.165, 1.54) is 6.26 Å². The Bertz CT molecular complexity index is 644. The van der Waals surface area contributed by atoms with Crippen molar-refractivity contribution in [2.45, 2.75) is 46.3 Å². The van der Waals surface area contributed by atoms with Crippen LogP contribution in [-0.4, -0.2) is 32.7 Å². The van der Waals surface area contributed by atoms with Gasteiger partial charge < -0.3 is 13.7 Å². The van der Waals surface area contributed by atoms with E-state index in [2.05, 4.69) is 5.10 Å². The molecule has 0 aliphatic rings. The first-order chi connectivity index (χ1) is 9.90. The maximum Gasteiger partial charge on any atom is 0.437 e. The first-order valence-corrected chi connectivity index (χ1v) is 6.83. The van der Waals surface area contributed by atoms with Crippen LogP contribution in [0.1, 0.15) is 27.7 Å². The fraction of sp³-hybridized carbons (Fsp3) is 0.500. The van der Waals surface area contributed by atoms with Gasteiger partial charge in [-0.2, -0.15) is 4.68 Å². The number of hydrogen-bond acceptors (Lipinski definition) is 5. The van der Waals surface area contributed by atoms with Gasteiger partial charge in [0, 0.05) is 12.1 Å². The van der Waals surface area contributed by atoms with Crippen LogP contribution in [0, 0.1) is 0 Å². The van der Waals surface area contributed by atoms with Crippen molar-refractivity contribution in [2.75, 3.05) is 0 Å². The summed E-state index contributed by atoms with van der Waals surface area (Å²) in [6.07, 6.45) is 1.46. The van der Waals surface area contributed by atoms with Crippen molar-refractivity contribution in [3.63, 3.8) is 0 Å². The van der Waals surface area contributed by atoms with E-state index in [-0.39, 0.29) is 30.4 Å². The summed E-state index contributed by atoms with van der Waals surface area (Å²) in [7, 11) is 0. The van der Waals surface area contributed by atoms with Crippen molar-refractivity contribution in [3.05, 3.63) is 28.9 Å². The molecule has 0 radical (unpaired) electrons. The van der Waals surface area contributed by atoms with Crippen LogP contribution < -0.4 is 5.76 Å². The minimum Gasteiger partial charge on any atom is -0.459 e. The fourth-order valence-corrected chi connectivity index (χ4v) is 2.29. The van der Waals surface area contributed by atoms with Gasteiger partial charge in [-0.15, -0.1) is 5.10 Å².